The van der Waals surface area contributed by atoms with Crippen molar-refractivity contribution < 1.29 is 37.8 Å². The lowest BCUT2D eigenvalue weighted by atomic mass is 9.73. The molecule has 5 nitrogen and oxygen atoms in total. The fourth-order valence-electron chi connectivity index (χ4n) is 3.03. The number of ether oxygens (including phenoxy) is 1. The molecule has 0 bridgehead atoms. The van der Waals surface area contributed by atoms with Crippen molar-refractivity contribution in [1.29, 1.82) is 0 Å². The number of rotatable bonds is 6. The Kier molecular flexibility index (Phi) is 10.2. The van der Waals surface area contributed by atoms with E-state index in [1.54, 1.807) is 0 Å². The van der Waals surface area contributed by atoms with Gasteiger partial charge in [-0.1, -0.05) is 32.1 Å². The normalized spacial score (nSPS) is 18.8. The van der Waals surface area contributed by atoms with Gasteiger partial charge in [0.25, 0.3) is 0 Å². The molecule has 0 unspecified atom stereocenters. The minimum Gasteiger partial charge on any atom is -0.461 e. The molecule has 0 amide bonds. The first-order chi connectivity index (χ1) is 11.7. The Balaban J connectivity index is 0.00000338. The fourth-order valence-corrected chi connectivity index (χ4v) is 3.41. The van der Waals surface area contributed by atoms with E-state index in [1.165, 1.54) is 0 Å². The average molecular weight is 412 g/mol. The number of allylic oxidation sites excluding steroid dienone is 3. The van der Waals surface area contributed by atoms with E-state index in [1.807, 2.05) is 32.1 Å². The Morgan fingerprint density at radius 3 is 2.56 bits per heavy atom. The molecule has 0 saturated carbocycles. The van der Waals surface area contributed by atoms with Gasteiger partial charge in [-0.3, -0.25) is 4.79 Å². The van der Waals surface area contributed by atoms with Crippen molar-refractivity contribution in [2.75, 3.05) is 6.61 Å². The van der Waals surface area contributed by atoms with Gasteiger partial charge in [0.05, 0.1) is 6.42 Å². The molecule has 9 heteroatoms. The van der Waals surface area contributed by atoms with Crippen LogP contribution < -0.4 is 0 Å². The van der Waals surface area contributed by atoms with Crippen LogP contribution in [0, 0.1) is 5.41 Å². The van der Waals surface area contributed by atoms with Crippen LogP contribution in [0.25, 0.3) is 0 Å². The van der Waals surface area contributed by atoms with Crippen molar-refractivity contribution >= 4 is 18.0 Å². The first-order valence-corrected chi connectivity index (χ1v) is 9.08. The Bertz CT molecular complexity index is 594. The molecule has 0 aliphatic heterocycles. The minimum atomic E-state index is -4.47. The molecule has 0 spiro atoms. The van der Waals surface area contributed by atoms with Crippen molar-refractivity contribution in [3.05, 3.63) is 35.1 Å². The van der Waals surface area contributed by atoms with Crippen LogP contribution in [0.5, 0.6) is 0 Å². The van der Waals surface area contributed by atoms with E-state index in [2.05, 4.69) is 0 Å². The van der Waals surface area contributed by atoms with E-state index in [-0.39, 0.29) is 35.2 Å². The molecule has 0 aromatic rings. The summed E-state index contributed by atoms with van der Waals surface area (Å²) in [5.74, 6) is -0.185. The van der Waals surface area contributed by atoms with E-state index in [4.69, 9.17) is 8.92 Å². The summed E-state index contributed by atoms with van der Waals surface area (Å²) < 4.78 is 47.5. The molecule has 2 aliphatic rings. The first-order valence-electron chi connectivity index (χ1n) is 8.33. The SMILES string of the molecule is CC1(C)CCCC(OSC(F)(F)F)=C1CC(=O)OCC1=CCCC=C1.O.O. The highest BCUT2D eigenvalue weighted by molar-refractivity contribution is 7.95. The standard InChI is InChI=1S/C18H23F3O3S.2H2O/c1-17(2)10-6-9-15(24-25-18(19,20)21)14(17)11-16(22)23-12-13-7-4-3-5-8-13;;/h4,7-8H,3,5-6,9-12H2,1-2H3;2*1H2. The predicted octanol–water partition coefficient (Wildman–Crippen LogP) is 4.20. The maximum atomic E-state index is 12.4. The molecule has 0 aromatic carbocycles. The third kappa shape index (κ3) is 8.40. The van der Waals surface area contributed by atoms with Crippen LogP contribution in [0.4, 0.5) is 13.2 Å². The zero-order chi connectivity index (χ0) is 18.5. The maximum Gasteiger partial charge on any atom is 0.479 e. The lowest BCUT2D eigenvalue weighted by molar-refractivity contribution is -0.142. The van der Waals surface area contributed by atoms with E-state index in [9.17, 15) is 18.0 Å². The van der Waals surface area contributed by atoms with E-state index < -0.39 is 23.5 Å². The first kappa shape index (κ1) is 25.6. The third-order valence-electron chi connectivity index (χ3n) is 4.39. The number of carbonyl (C=O) groups excluding carboxylic acids is 1. The number of hydrogen-bond acceptors (Lipinski definition) is 4. The van der Waals surface area contributed by atoms with Crippen molar-refractivity contribution in [1.82, 2.24) is 0 Å². The van der Waals surface area contributed by atoms with Gasteiger partial charge in [-0.25, -0.2) is 0 Å². The second-order valence-electron chi connectivity index (χ2n) is 6.85. The average Bonchev–Trinajstić information content (AvgIpc) is 2.53. The van der Waals surface area contributed by atoms with Gasteiger partial charge < -0.3 is 19.9 Å². The fraction of sp³-hybridized carbons (Fsp3) is 0.611. The van der Waals surface area contributed by atoms with Crippen molar-refractivity contribution in [3.8, 4) is 0 Å². The van der Waals surface area contributed by atoms with Gasteiger partial charge in [-0.2, -0.15) is 13.2 Å². The number of carbonyl (C=O) groups is 1. The Morgan fingerprint density at radius 2 is 1.96 bits per heavy atom. The molecule has 0 fully saturated rings. The quantitative estimate of drug-likeness (QED) is 0.482. The molecular weight excluding hydrogens is 385 g/mol. The summed E-state index contributed by atoms with van der Waals surface area (Å²) in [6.45, 7) is 4.03. The Labute approximate surface area is 161 Å². The van der Waals surface area contributed by atoms with Crippen LogP contribution in [-0.4, -0.2) is 29.0 Å². The second-order valence-corrected chi connectivity index (χ2v) is 7.64. The monoisotopic (exact) mass is 412 g/mol. The number of halogens is 3. The topological polar surface area (TPSA) is 98.5 Å². The van der Waals surface area contributed by atoms with E-state index in [0.29, 0.717) is 12.0 Å². The highest BCUT2D eigenvalue weighted by Crippen LogP contribution is 2.45. The van der Waals surface area contributed by atoms with Gasteiger partial charge in [-0.05, 0) is 42.2 Å². The van der Waals surface area contributed by atoms with E-state index in [0.717, 1.165) is 31.3 Å². The second kappa shape index (κ2) is 10.8. The van der Waals surface area contributed by atoms with Crippen LogP contribution in [0.3, 0.4) is 0 Å². The van der Waals surface area contributed by atoms with Gasteiger partial charge in [0.15, 0.2) is 12.0 Å². The van der Waals surface area contributed by atoms with Crippen molar-refractivity contribution in [2.45, 2.75) is 57.9 Å². The number of alkyl halides is 3. The van der Waals surface area contributed by atoms with Gasteiger partial charge >= 0.3 is 11.5 Å². The van der Waals surface area contributed by atoms with Crippen molar-refractivity contribution in [2.24, 2.45) is 5.41 Å². The molecule has 0 radical (unpaired) electrons. The predicted molar refractivity (Wildman–Crippen MR) is 98.6 cm³/mol. The summed E-state index contributed by atoms with van der Waals surface area (Å²) in [5.41, 5.74) is -3.31. The summed E-state index contributed by atoms with van der Waals surface area (Å²) in [7, 11) is 0. The summed E-state index contributed by atoms with van der Waals surface area (Å²) in [6.07, 6.45) is 9.77. The largest absolute Gasteiger partial charge is 0.479 e. The molecule has 0 heterocycles. The molecule has 4 N–H and O–H groups in total. The van der Waals surface area contributed by atoms with Gasteiger partial charge in [0, 0.05) is 6.42 Å². The Morgan fingerprint density at radius 1 is 1.26 bits per heavy atom. The summed E-state index contributed by atoms with van der Waals surface area (Å²) in [5, 5.41) is 0. The summed E-state index contributed by atoms with van der Waals surface area (Å²) in [4.78, 5) is 12.2. The summed E-state index contributed by atoms with van der Waals surface area (Å²) >= 11 is -0.520. The van der Waals surface area contributed by atoms with Crippen LogP contribution in [0.1, 0.15) is 52.4 Å². The molecular formula is C18H27F3O5S. The third-order valence-corrected chi connectivity index (χ3v) is 4.86. The molecule has 2 aliphatic carbocycles. The zero-order valence-electron chi connectivity index (χ0n) is 15.4. The number of hydrogen-bond donors (Lipinski definition) is 0. The van der Waals surface area contributed by atoms with Gasteiger partial charge in [0.2, 0.25) is 0 Å². The maximum absolute atomic E-state index is 12.4. The van der Waals surface area contributed by atoms with E-state index >= 15 is 0 Å². The Hall–Kier alpha value is -1.45. The smallest absolute Gasteiger partial charge is 0.461 e. The van der Waals surface area contributed by atoms with Crippen molar-refractivity contribution in [3.63, 3.8) is 0 Å². The number of esters is 1. The lowest BCUT2D eigenvalue weighted by Gasteiger charge is -2.34. The summed E-state index contributed by atoms with van der Waals surface area (Å²) in [6, 6.07) is 0. The van der Waals surface area contributed by atoms with Gasteiger partial charge in [0.1, 0.15) is 12.4 Å². The minimum absolute atomic E-state index is 0. The highest BCUT2D eigenvalue weighted by Gasteiger charge is 2.36. The lowest BCUT2D eigenvalue weighted by Crippen LogP contribution is -2.24. The molecule has 156 valence electrons. The van der Waals surface area contributed by atoms with Crippen LogP contribution in [0.15, 0.2) is 35.1 Å². The molecule has 2 rings (SSSR count). The van der Waals surface area contributed by atoms with Crippen LogP contribution in [0.2, 0.25) is 0 Å². The molecule has 0 atom stereocenters. The van der Waals surface area contributed by atoms with Gasteiger partial charge in [-0.15, -0.1) is 0 Å². The molecule has 0 aromatic heterocycles. The van der Waals surface area contributed by atoms with Crippen LogP contribution in [-0.2, 0) is 13.7 Å². The molecule has 0 saturated heterocycles. The molecule has 27 heavy (non-hydrogen) atoms. The highest BCUT2D eigenvalue weighted by atomic mass is 32.2. The van der Waals surface area contributed by atoms with Crippen LogP contribution >= 0.6 is 12.0 Å². The zero-order valence-corrected chi connectivity index (χ0v) is 16.3.